The van der Waals surface area contributed by atoms with Gasteiger partial charge in [-0.1, -0.05) is 12.3 Å². The summed E-state index contributed by atoms with van der Waals surface area (Å²) in [5, 5.41) is 53.6. The van der Waals surface area contributed by atoms with E-state index in [2.05, 4.69) is 66.1 Å². The number of hydrogen-bond donors (Lipinski definition) is 8. The first-order valence-electron chi connectivity index (χ1n) is 14.1. The summed E-state index contributed by atoms with van der Waals surface area (Å²) in [5.41, 5.74) is 1.99. The number of nitrogens with zero attached hydrogens (tertiary/aromatic N) is 3. The predicted molar refractivity (Wildman–Crippen MR) is 158 cm³/mol. The largest absolute Gasteiger partial charge is 0.394 e. The third kappa shape index (κ3) is 8.69. The molecule has 0 aromatic carbocycles. The van der Waals surface area contributed by atoms with E-state index in [0.29, 0.717) is 17.6 Å². The molecular formula is C28H37N7O7S. The van der Waals surface area contributed by atoms with Crippen molar-refractivity contribution in [3.63, 3.8) is 0 Å². The molecule has 2 amide bonds. The van der Waals surface area contributed by atoms with Gasteiger partial charge in [0.2, 0.25) is 11.8 Å². The van der Waals surface area contributed by atoms with Gasteiger partial charge in [-0.05, 0) is 42.2 Å². The second kappa shape index (κ2) is 15.7. The predicted octanol–water partition coefficient (Wildman–Crippen LogP) is -0.0152. The molecule has 1 aliphatic rings. The van der Waals surface area contributed by atoms with Crippen molar-refractivity contribution >= 4 is 40.1 Å². The molecule has 1 aliphatic heterocycles. The Balaban J connectivity index is 1.21. The number of thiophene rings is 1. The maximum atomic E-state index is 12.6. The monoisotopic (exact) mass is 615 g/mol. The molecule has 4 rings (SSSR count). The number of imidazole rings is 1. The molecule has 4 heterocycles. The zero-order valence-corrected chi connectivity index (χ0v) is 24.5. The summed E-state index contributed by atoms with van der Waals surface area (Å²) < 4.78 is 5.78. The van der Waals surface area contributed by atoms with Crippen LogP contribution in [0.4, 0.5) is 5.82 Å². The van der Waals surface area contributed by atoms with E-state index in [1.165, 1.54) is 18.2 Å². The smallest absolute Gasteiger partial charge is 0.239 e. The van der Waals surface area contributed by atoms with Gasteiger partial charge in [-0.15, -0.1) is 5.92 Å². The molecular weight excluding hydrogens is 578 g/mol. The lowest BCUT2D eigenvalue weighted by molar-refractivity contribution is -0.204. The number of aliphatic hydroxyl groups excluding tert-OH is 4. The van der Waals surface area contributed by atoms with Crippen molar-refractivity contribution in [2.45, 2.75) is 81.6 Å². The molecule has 0 spiro atoms. The number of nitrogens with one attached hydrogen (secondary N) is 4. The van der Waals surface area contributed by atoms with Gasteiger partial charge in [0.1, 0.15) is 36.3 Å². The number of aliphatic hydroxyl groups is 4. The van der Waals surface area contributed by atoms with Crippen LogP contribution in [-0.4, -0.2) is 102 Å². The number of carbonyl (C=O) groups is 2. The van der Waals surface area contributed by atoms with E-state index in [-0.39, 0.29) is 30.6 Å². The van der Waals surface area contributed by atoms with E-state index >= 15 is 0 Å². The third-order valence-electron chi connectivity index (χ3n) is 7.10. The number of carbonyl (C=O) groups excluding carboxylic acids is 2. The van der Waals surface area contributed by atoms with Crippen LogP contribution in [0.5, 0.6) is 0 Å². The highest BCUT2D eigenvalue weighted by atomic mass is 32.1. The number of H-pyrrole nitrogens is 1. The van der Waals surface area contributed by atoms with Crippen molar-refractivity contribution in [3.8, 4) is 11.8 Å². The maximum absolute atomic E-state index is 12.6. The van der Waals surface area contributed by atoms with Gasteiger partial charge >= 0.3 is 0 Å². The SMILES string of the molecule is CC(C#CCCCCCC(=O)NCC(=O)N[C@@H]1[C@@H](O)[C@@H](O)[C@@H](Nc2ncnc3nc[nH]c23)O[C@H]1C(O)CO)c1ccsc1. The minimum atomic E-state index is -1.60. The zero-order chi connectivity index (χ0) is 30.8. The van der Waals surface area contributed by atoms with Gasteiger partial charge in [-0.2, -0.15) is 11.3 Å². The standard InChI is InChI=1S/C28H37N7O7S/c1-16(17-9-10-43-13-17)7-5-3-2-4-6-8-19(38)29-11-20(39)34-21-23(40)24(41)28(42-25(21)18(37)12-36)35-27-22-26(31-14-30-22)32-15-33-27/h9-10,13-16,18,21,23-25,28,36-37,40-41H,2-4,6,8,11-12H2,1H3,(H,29,38)(H,34,39)(H2,30,31,32,33,35)/t16?,18?,21-,23-,24-,25+,28+/m1/s1. The number of aromatic amines is 1. The van der Waals surface area contributed by atoms with Crippen molar-refractivity contribution in [1.82, 2.24) is 30.6 Å². The van der Waals surface area contributed by atoms with E-state index in [4.69, 9.17) is 4.74 Å². The molecule has 7 atom stereocenters. The van der Waals surface area contributed by atoms with Crippen molar-refractivity contribution in [2.75, 3.05) is 18.5 Å². The molecule has 232 valence electrons. The normalized spacial score (nSPS) is 23.1. The lowest BCUT2D eigenvalue weighted by Gasteiger charge is -2.44. The van der Waals surface area contributed by atoms with Gasteiger partial charge < -0.3 is 46.1 Å². The van der Waals surface area contributed by atoms with Crippen LogP contribution >= 0.6 is 11.3 Å². The highest BCUT2D eigenvalue weighted by molar-refractivity contribution is 7.08. The number of rotatable bonds is 13. The van der Waals surface area contributed by atoms with Gasteiger partial charge in [-0.3, -0.25) is 9.59 Å². The fraction of sp³-hybridized carbons (Fsp3) is 0.536. The summed E-state index contributed by atoms with van der Waals surface area (Å²) in [6, 6.07) is 0.781. The topological polar surface area (TPSA) is 215 Å². The Morgan fingerprint density at radius 3 is 2.77 bits per heavy atom. The van der Waals surface area contributed by atoms with Crippen LogP contribution in [0.15, 0.2) is 29.5 Å². The molecule has 15 heteroatoms. The highest BCUT2D eigenvalue weighted by Crippen LogP contribution is 2.26. The maximum Gasteiger partial charge on any atom is 0.239 e. The summed E-state index contributed by atoms with van der Waals surface area (Å²) in [6.07, 6.45) is -1.28. The Morgan fingerprint density at radius 1 is 1.16 bits per heavy atom. The lowest BCUT2D eigenvalue weighted by atomic mass is 9.92. The first-order valence-corrected chi connectivity index (χ1v) is 15.0. The fourth-order valence-electron chi connectivity index (χ4n) is 4.66. The van der Waals surface area contributed by atoms with Gasteiger partial charge in [-0.25, -0.2) is 15.0 Å². The number of aromatic nitrogens is 4. The minimum Gasteiger partial charge on any atom is -0.394 e. The molecule has 8 N–H and O–H groups in total. The number of unbranched alkanes of at least 4 members (excludes halogenated alkanes) is 3. The van der Waals surface area contributed by atoms with Crippen LogP contribution in [0.25, 0.3) is 11.2 Å². The van der Waals surface area contributed by atoms with Crippen molar-refractivity contribution < 1.29 is 34.8 Å². The lowest BCUT2D eigenvalue weighted by Crippen LogP contribution is -2.68. The van der Waals surface area contributed by atoms with Gasteiger partial charge in [0.25, 0.3) is 0 Å². The summed E-state index contributed by atoms with van der Waals surface area (Å²) in [5.74, 6) is 5.87. The fourth-order valence-corrected chi connectivity index (χ4v) is 5.41. The second-order valence-electron chi connectivity index (χ2n) is 10.3. The average Bonchev–Trinajstić information content (AvgIpc) is 3.72. The van der Waals surface area contributed by atoms with Gasteiger partial charge in [0.15, 0.2) is 17.7 Å². The summed E-state index contributed by atoms with van der Waals surface area (Å²) in [7, 11) is 0. The molecule has 14 nitrogen and oxygen atoms in total. The highest BCUT2D eigenvalue weighted by Gasteiger charge is 2.48. The van der Waals surface area contributed by atoms with E-state index in [0.717, 1.165) is 19.3 Å². The first-order chi connectivity index (χ1) is 20.8. The van der Waals surface area contributed by atoms with Gasteiger partial charge in [0, 0.05) is 18.8 Å². The van der Waals surface area contributed by atoms with Crippen LogP contribution in [0.3, 0.4) is 0 Å². The molecule has 1 fully saturated rings. The Morgan fingerprint density at radius 2 is 2.00 bits per heavy atom. The first kappa shape index (κ1) is 32.3. The molecule has 1 saturated heterocycles. The van der Waals surface area contributed by atoms with Crippen molar-refractivity contribution in [1.29, 1.82) is 0 Å². The average molecular weight is 616 g/mol. The van der Waals surface area contributed by atoms with E-state index < -0.39 is 49.2 Å². The number of amides is 2. The molecule has 0 saturated carbocycles. The number of hydrogen-bond acceptors (Lipinski definition) is 12. The summed E-state index contributed by atoms with van der Waals surface area (Å²) >= 11 is 1.65. The van der Waals surface area contributed by atoms with E-state index in [1.807, 2.05) is 5.38 Å². The van der Waals surface area contributed by atoms with E-state index in [9.17, 15) is 30.0 Å². The number of anilines is 1. The molecule has 2 unspecified atom stereocenters. The number of ether oxygens (including phenoxy) is 1. The Labute approximate surface area is 252 Å². The van der Waals surface area contributed by atoms with Crippen molar-refractivity contribution in [2.24, 2.45) is 0 Å². The van der Waals surface area contributed by atoms with E-state index in [1.54, 1.807) is 11.3 Å². The van der Waals surface area contributed by atoms with Gasteiger partial charge in [0.05, 0.1) is 25.5 Å². The van der Waals surface area contributed by atoms with Crippen LogP contribution in [0, 0.1) is 11.8 Å². The third-order valence-corrected chi connectivity index (χ3v) is 7.80. The minimum absolute atomic E-state index is 0.200. The molecule has 0 aliphatic carbocycles. The Hall–Kier alpha value is -3.65. The summed E-state index contributed by atoms with van der Waals surface area (Å²) in [4.78, 5) is 39.8. The molecule has 43 heavy (non-hydrogen) atoms. The quantitative estimate of drug-likeness (QED) is 0.0945. The number of fused-ring (bicyclic) bond motifs is 1. The van der Waals surface area contributed by atoms with Crippen LogP contribution in [-0.2, 0) is 14.3 Å². The van der Waals surface area contributed by atoms with Crippen LogP contribution in [0.1, 0.15) is 50.5 Å². The van der Waals surface area contributed by atoms with Crippen LogP contribution < -0.4 is 16.0 Å². The molecule has 3 aromatic heterocycles. The van der Waals surface area contributed by atoms with Crippen molar-refractivity contribution in [3.05, 3.63) is 35.0 Å². The zero-order valence-electron chi connectivity index (χ0n) is 23.6. The molecule has 0 radical (unpaired) electrons. The second-order valence-corrected chi connectivity index (χ2v) is 11.0. The molecule has 0 bridgehead atoms. The Bertz CT molecular complexity index is 1390. The van der Waals surface area contributed by atoms with Crippen LogP contribution in [0.2, 0.25) is 0 Å². The summed E-state index contributed by atoms with van der Waals surface area (Å²) in [6.45, 7) is 0.955. The Kier molecular flexibility index (Phi) is 11.8. The molecule has 3 aromatic rings.